The second-order valence-electron chi connectivity index (χ2n) is 10.7. The van der Waals surface area contributed by atoms with Crippen molar-refractivity contribution < 1.29 is 19.4 Å². The maximum Gasteiger partial charge on any atom is 0.283 e. The van der Waals surface area contributed by atoms with Crippen molar-refractivity contribution in [3.8, 4) is 0 Å². The summed E-state index contributed by atoms with van der Waals surface area (Å²) in [5, 5.41) is 25.1. The molecule has 0 atom stereocenters. The van der Waals surface area contributed by atoms with Crippen LogP contribution in [0.5, 0.6) is 0 Å². The number of rotatable bonds is 9. The smallest absolute Gasteiger partial charge is 0.283 e. The van der Waals surface area contributed by atoms with E-state index in [9.17, 15) is 29.8 Å². The van der Waals surface area contributed by atoms with E-state index in [4.69, 9.17) is 23.2 Å². The first-order valence-electron chi connectivity index (χ1n) is 14.8. The number of ketones is 1. The number of halogens is 4. The number of anilines is 2. The molecule has 264 valence electrons. The molecule has 0 bridgehead atoms. The van der Waals surface area contributed by atoms with Gasteiger partial charge in [-0.05, 0) is 62.4 Å². The highest BCUT2D eigenvalue weighted by Crippen LogP contribution is 2.28. The molecule has 0 unspecified atom stereocenters. The van der Waals surface area contributed by atoms with Crippen LogP contribution in [-0.2, 0) is 0 Å². The van der Waals surface area contributed by atoms with Gasteiger partial charge >= 0.3 is 0 Å². The fourth-order valence-corrected chi connectivity index (χ4v) is 6.01. The second kappa shape index (κ2) is 16.3. The third-order valence-corrected chi connectivity index (χ3v) is 8.81. The number of carbonyl (C=O) groups excluding carboxylic acids is 2. The number of nitro benzene ring substituents is 2. The Morgan fingerprint density at radius 2 is 1.17 bits per heavy atom. The Hall–Kier alpha value is -5.36. The van der Waals surface area contributed by atoms with Crippen LogP contribution in [0.2, 0.25) is 10.0 Å². The summed E-state index contributed by atoms with van der Waals surface area (Å²) in [7, 11) is 0. The highest BCUT2D eigenvalue weighted by Gasteiger charge is 2.24. The molecule has 0 aliphatic heterocycles. The lowest BCUT2D eigenvalue weighted by Crippen LogP contribution is -2.31. The van der Waals surface area contributed by atoms with Crippen LogP contribution in [0.4, 0.5) is 23.0 Å². The molecule has 0 radical (unpaired) electrons. The molecule has 6 rings (SSSR count). The fourth-order valence-electron chi connectivity index (χ4n) is 4.78. The fraction of sp³-hybridized carbons (Fsp3) is 0.0909. The van der Waals surface area contributed by atoms with Gasteiger partial charge in [0.2, 0.25) is 0 Å². The van der Waals surface area contributed by atoms with Crippen molar-refractivity contribution in [1.29, 1.82) is 0 Å². The zero-order valence-corrected chi connectivity index (χ0v) is 31.5. The van der Waals surface area contributed by atoms with E-state index < -0.39 is 21.5 Å². The van der Waals surface area contributed by atoms with Gasteiger partial charge in [0.05, 0.1) is 59.9 Å². The topological polar surface area (TPSA) is 208 Å². The molecule has 0 fully saturated rings. The SMILES string of the molecule is Cc1nc2cc(Br)ccc2nc1NCC(=O)c1c(Cl)cccc1[N+](=O)[O-].Cc1nc2ccc(Br)cc2nc1NNC(=O)c1c(Cl)cccc1[N+](=O)[O-]. The Labute approximate surface area is 320 Å². The minimum atomic E-state index is -0.752. The monoisotopic (exact) mass is 869 g/mol. The molecule has 0 aliphatic rings. The first kappa shape index (κ1) is 37.9. The van der Waals surface area contributed by atoms with Gasteiger partial charge in [-0.2, -0.15) is 0 Å². The minimum absolute atomic E-state index is 0.0243. The summed E-state index contributed by atoms with van der Waals surface area (Å²) in [4.78, 5) is 63.5. The maximum absolute atomic E-state index is 12.5. The van der Waals surface area contributed by atoms with Crippen LogP contribution >= 0.6 is 55.1 Å². The summed E-state index contributed by atoms with van der Waals surface area (Å²) in [6.45, 7) is 3.29. The number of hydrazine groups is 1. The van der Waals surface area contributed by atoms with Gasteiger partial charge in [-0.3, -0.25) is 40.7 Å². The number of Topliss-reactive ketones (excluding diaryl/α,β-unsaturated/α-hetero) is 1. The summed E-state index contributed by atoms with van der Waals surface area (Å²) >= 11 is 18.7. The number of nitrogens with zero attached hydrogens (tertiary/aromatic N) is 6. The highest BCUT2D eigenvalue weighted by atomic mass is 79.9. The number of hydrogen-bond donors (Lipinski definition) is 3. The molecule has 2 heterocycles. The van der Waals surface area contributed by atoms with Gasteiger partial charge in [0.25, 0.3) is 17.3 Å². The first-order chi connectivity index (χ1) is 24.7. The van der Waals surface area contributed by atoms with Gasteiger partial charge in [-0.1, -0.05) is 67.2 Å². The average Bonchev–Trinajstić information content (AvgIpc) is 3.09. The summed E-state index contributed by atoms with van der Waals surface area (Å²) in [6.07, 6.45) is 0. The molecule has 3 N–H and O–H groups in total. The quantitative estimate of drug-likeness (QED) is 0.0709. The van der Waals surface area contributed by atoms with Crippen molar-refractivity contribution in [2.75, 3.05) is 17.3 Å². The Bertz CT molecular complexity index is 2420. The highest BCUT2D eigenvalue weighted by molar-refractivity contribution is 9.10. The average molecular weight is 872 g/mol. The lowest BCUT2D eigenvalue weighted by molar-refractivity contribution is -0.385. The van der Waals surface area contributed by atoms with E-state index in [2.05, 4.69) is 68.0 Å². The second-order valence-corrected chi connectivity index (χ2v) is 13.4. The summed E-state index contributed by atoms with van der Waals surface area (Å²) in [5.41, 5.74) is 7.81. The van der Waals surface area contributed by atoms with Crippen molar-refractivity contribution in [2.45, 2.75) is 13.8 Å². The molecule has 0 aliphatic carbocycles. The van der Waals surface area contributed by atoms with Crippen LogP contribution in [0.1, 0.15) is 32.1 Å². The molecular formula is C33H23Br2Cl2N9O6. The molecule has 0 spiro atoms. The number of amides is 1. The van der Waals surface area contributed by atoms with Crippen molar-refractivity contribution in [3.63, 3.8) is 0 Å². The molecular weight excluding hydrogens is 849 g/mol. The van der Waals surface area contributed by atoms with Gasteiger partial charge < -0.3 is 5.32 Å². The molecule has 1 amide bonds. The van der Waals surface area contributed by atoms with Crippen LogP contribution in [0.3, 0.4) is 0 Å². The number of fused-ring (bicyclic) bond motifs is 2. The van der Waals surface area contributed by atoms with E-state index >= 15 is 0 Å². The molecule has 52 heavy (non-hydrogen) atoms. The number of aromatic nitrogens is 4. The molecule has 15 nitrogen and oxygen atoms in total. The Kier molecular flexibility index (Phi) is 11.9. The van der Waals surface area contributed by atoms with Crippen molar-refractivity contribution in [3.05, 3.63) is 135 Å². The van der Waals surface area contributed by atoms with E-state index in [0.29, 0.717) is 39.6 Å². The van der Waals surface area contributed by atoms with Crippen molar-refractivity contribution >= 4 is 112 Å². The Morgan fingerprint density at radius 1 is 0.692 bits per heavy atom. The van der Waals surface area contributed by atoms with E-state index in [1.54, 1.807) is 26.0 Å². The maximum atomic E-state index is 12.5. The van der Waals surface area contributed by atoms with E-state index in [0.717, 1.165) is 14.5 Å². The van der Waals surface area contributed by atoms with Gasteiger partial charge in [-0.15, -0.1) is 0 Å². The standard InChI is InChI=1S/C17H12BrClN4O3.C16H11BrClN5O3/c1-9-17(22-12-6-5-10(18)7-13(12)21-9)20-8-15(24)16-11(19)3-2-4-14(16)23(25)26;1-8-15(20-12-7-9(17)5-6-11(12)19-8)21-22-16(24)14-10(18)3-2-4-13(14)23(25)26/h2-7H,8H2,1H3,(H,20,22);2-7H,1H3,(H,20,21)(H,22,24). The number of hydrogen-bond acceptors (Lipinski definition) is 12. The first-order valence-corrected chi connectivity index (χ1v) is 17.1. The zero-order chi connectivity index (χ0) is 37.7. The van der Waals surface area contributed by atoms with Crippen LogP contribution in [-0.4, -0.2) is 48.0 Å². The molecule has 19 heteroatoms. The summed E-state index contributed by atoms with van der Waals surface area (Å²) in [5.74, 6) is -0.501. The van der Waals surface area contributed by atoms with Crippen molar-refractivity contribution in [1.82, 2.24) is 25.4 Å². The van der Waals surface area contributed by atoms with Crippen LogP contribution < -0.4 is 16.2 Å². The predicted molar refractivity (Wildman–Crippen MR) is 204 cm³/mol. The lowest BCUT2D eigenvalue weighted by atomic mass is 10.1. The molecule has 6 aromatic rings. The van der Waals surface area contributed by atoms with Gasteiger partial charge in [0.1, 0.15) is 16.9 Å². The number of nitrogens with one attached hydrogen (secondary N) is 3. The van der Waals surface area contributed by atoms with Gasteiger partial charge in [0.15, 0.2) is 11.6 Å². The van der Waals surface area contributed by atoms with Crippen LogP contribution in [0, 0.1) is 34.1 Å². The van der Waals surface area contributed by atoms with Gasteiger partial charge in [-0.25, -0.2) is 19.9 Å². The third-order valence-electron chi connectivity index (χ3n) is 7.19. The third kappa shape index (κ3) is 8.74. The number of nitro groups is 2. The lowest BCUT2D eigenvalue weighted by Gasteiger charge is -2.11. The Balaban J connectivity index is 0.000000201. The molecule has 0 saturated heterocycles. The largest absolute Gasteiger partial charge is 0.361 e. The predicted octanol–water partition coefficient (Wildman–Crippen LogP) is 8.58. The number of aryl methyl sites for hydroxylation is 2. The van der Waals surface area contributed by atoms with Crippen LogP contribution in [0.25, 0.3) is 22.1 Å². The number of carbonyl (C=O) groups is 2. The molecule has 4 aromatic carbocycles. The normalized spacial score (nSPS) is 10.7. The van der Waals surface area contributed by atoms with E-state index in [-0.39, 0.29) is 39.1 Å². The zero-order valence-electron chi connectivity index (χ0n) is 26.8. The number of benzene rings is 4. The van der Waals surface area contributed by atoms with E-state index in [1.807, 2.05) is 24.3 Å². The minimum Gasteiger partial charge on any atom is -0.361 e. The molecule has 0 saturated carbocycles. The van der Waals surface area contributed by atoms with Crippen LogP contribution in [0.15, 0.2) is 81.7 Å². The van der Waals surface area contributed by atoms with E-state index in [1.165, 1.54) is 36.4 Å². The summed E-state index contributed by atoms with van der Waals surface area (Å²) < 4.78 is 1.73. The summed E-state index contributed by atoms with van der Waals surface area (Å²) in [6, 6.07) is 19.1. The van der Waals surface area contributed by atoms with Gasteiger partial charge in [0, 0.05) is 21.1 Å². The van der Waals surface area contributed by atoms with Crippen molar-refractivity contribution in [2.24, 2.45) is 0 Å². The Morgan fingerprint density at radius 3 is 1.77 bits per heavy atom. The molecule has 2 aromatic heterocycles.